The van der Waals surface area contributed by atoms with Gasteiger partial charge >= 0.3 is 5.97 Å². The molecule has 4 aromatic rings. The summed E-state index contributed by atoms with van der Waals surface area (Å²) in [6.07, 6.45) is 1.42. The van der Waals surface area contributed by atoms with Crippen molar-refractivity contribution in [3.63, 3.8) is 0 Å². The van der Waals surface area contributed by atoms with E-state index in [0.29, 0.717) is 27.4 Å². The van der Waals surface area contributed by atoms with Crippen molar-refractivity contribution < 1.29 is 14.6 Å². The average Bonchev–Trinajstić information content (AvgIpc) is 2.81. The van der Waals surface area contributed by atoms with Crippen LogP contribution in [0, 0.1) is 11.3 Å². The van der Waals surface area contributed by atoms with Crippen LogP contribution in [-0.2, 0) is 6.54 Å². The Morgan fingerprint density at radius 2 is 1.97 bits per heavy atom. The maximum absolute atomic E-state index is 12.8. The number of ether oxygens (including phenoxy) is 1. The van der Waals surface area contributed by atoms with Crippen LogP contribution in [0.15, 0.2) is 71.8 Å². The van der Waals surface area contributed by atoms with Gasteiger partial charge in [-0.25, -0.2) is 9.78 Å². The zero-order valence-electron chi connectivity index (χ0n) is 16.7. The molecule has 0 bridgehead atoms. The van der Waals surface area contributed by atoms with E-state index < -0.39 is 5.97 Å². The number of carboxylic acids is 1. The van der Waals surface area contributed by atoms with Gasteiger partial charge in [-0.3, -0.25) is 9.36 Å². The van der Waals surface area contributed by atoms with E-state index in [2.05, 4.69) is 4.98 Å². The molecule has 1 aromatic heterocycles. The number of benzene rings is 3. The molecule has 0 saturated heterocycles. The van der Waals surface area contributed by atoms with Crippen LogP contribution in [-0.4, -0.2) is 27.2 Å². The number of aromatic carboxylic acids is 1. The zero-order valence-corrected chi connectivity index (χ0v) is 17.4. The molecule has 0 atom stereocenters. The minimum absolute atomic E-state index is 0.148. The highest BCUT2D eigenvalue weighted by Crippen LogP contribution is 2.33. The lowest BCUT2D eigenvalue weighted by molar-refractivity contribution is 0.0697. The topological polar surface area (TPSA) is 105 Å². The summed E-state index contributed by atoms with van der Waals surface area (Å²) >= 11 is 6.15. The van der Waals surface area contributed by atoms with E-state index in [9.17, 15) is 20.0 Å². The van der Waals surface area contributed by atoms with Crippen molar-refractivity contribution in [3.8, 4) is 22.9 Å². The van der Waals surface area contributed by atoms with Gasteiger partial charge in [-0.15, -0.1) is 0 Å². The quantitative estimate of drug-likeness (QED) is 0.472. The minimum atomic E-state index is -1.03. The number of aromatic nitrogens is 2. The normalized spacial score (nSPS) is 10.6. The van der Waals surface area contributed by atoms with Gasteiger partial charge in [-0.05, 0) is 48.0 Å². The lowest BCUT2D eigenvalue weighted by Gasteiger charge is -2.14. The van der Waals surface area contributed by atoms with Gasteiger partial charge in [0.15, 0.2) is 0 Å². The molecule has 0 fully saturated rings. The Labute approximate surface area is 187 Å². The van der Waals surface area contributed by atoms with Crippen LogP contribution < -0.4 is 10.3 Å². The zero-order chi connectivity index (χ0) is 22.7. The maximum atomic E-state index is 12.8. The van der Waals surface area contributed by atoms with Crippen molar-refractivity contribution in [1.29, 1.82) is 5.26 Å². The molecule has 7 nitrogen and oxygen atoms in total. The molecule has 0 saturated carbocycles. The third kappa shape index (κ3) is 4.17. The van der Waals surface area contributed by atoms with E-state index in [1.54, 1.807) is 54.6 Å². The lowest BCUT2D eigenvalue weighted by atomic mass is 10.0. The maximum Gasteiger partial charge on any atom is 0.335 e. The highest BCUT2D eigenvalue weighted by molar-refractivity contribution is 6.31. The third-order valence-electron chi connectivity index (χ3n) is 4.93. The summed E-state index contributed by atoms with van der Waals surface area (Å²) in [7, 11) is 0. The molecule has 8 heteroatoms. The second-order valence-corrected chi connectivity index (χ2v) is 7.37. The van der Waals surface area contributed by atoms with Crippen molar-refractivity contribution in [2.45, 2.75) is 6.54 Å². The van der Waals surface area contributed by atoms with Gasteiger partial charge in [0.25, 0.3) is 5.56 Å². The number of halogens is 1. The SMILES string of the molecule is N#Cc1cccc2ncn(CCOc3ccc(Cl)cc3-c3cccc(C(=O)O)c3)c(=O)c12. The largest absolute Gasteiger partial charge is 0.491 e. The highest BCUT2D eigenvalue weighted by Gasteiger charge is 2.12. The fourth-order valence-corrected chi connectivity index (χ4v) is 3.55. The molecule has 0 aliphatic carbocycles. The third-order valence-corrected chi connectivity index (χ3v) is 5.16. The first-order valence-corrected chi connectivity index (χ1v) is 10.00. The van der Waals surface area contributed by atoms with Gasteiger partial charge in [0.1, 0.15) is 18.4 Å². The molecule has 1 heterocycles. The molecule has 1 N–H and O–H groups in total. The fraction of sp³-hybridized carbons (Fsp3) is 0.0833. The van der Waals surface area contributed by atoms with Crippen LogP contribution >= 0.6 is 11.6 Å². The second-order valence-electron chi connectivity index (χ2n) is 6.93. The minimum Gasteiger partial charge on any atom is -0.491 e. The summed E-state index contributed by atoms with van der Waals surface area (Å²) in [6, 6.07) is 18.5. The Kier molecular flexibility index (Phi) is 5.88. The monoisotopic (exact) mass is 445 g/mol. The van der Waals surface area contributed by atoms with Gasteiger partial charge in [-0.1, -0.05) is 29.8 Å². The molecule has 0 aliphatic heterocycles. The number of carboxylic acid groups (broad SMARTS) is 1. The Bertz CT molecular complexity index is 1440. The lowest BCUT2D eigenvalue weighted by Crippen LogP contribution is -2.24. The first-order valence-electron chi connectivity index (χ1n) is 9.62. The van der Waals surface area contributed by atoms with E-state index in [4.69, 9.17) is 16.3 Å². The summed E-state index contributed by atoms with van der Waals surface area (Å²) in [5, 5.41) is 19.3. The van der Waals surface area contributed by atoms with Gasteiger partial charge in [0, 0.05) is 10.6 Å². The summed E-state index contributed by atoms with van der Waals surface area (Å²) in [4.78, 5) is 28.4. The standard InChI is InChI=1S/C24H16ClN3O4/c25-18-7-8-21(19(12-18)15-3-1-4-16(11-15)24(30)31)32-10-9-28-14-27-20-6-2-5-17(13-26)22(20)23(28)29/h1-8,11-12,14H,9-10H2,(H,30,31). The second kappa shape index (κ2) is 8.92. The van der Waals surface area contributed by atoms with Crippen LogP contribution in [0.1, 0.15) is 15.9 Å². The number of carbonyl (C=O) groups is 1. The van der Waals surface area contributed by atoms with E-state index >= 15 is 0 Å². The predicted octanol–water partition coefficient (Wildman–Crippen LogP) is 4.37. The molecule has 0 radical (unpaired) electrons. The molecule has 158 valence electrons. The fourth-order valence-electron chi connectivity index (χ4n) is 3.38. The van der Waals surface area contributed by atoms with E-state index in [-0.39, 0.29) is 35.2 Å². The van der Waals surface area contributed by atoms with Crippen molar-refractivity contribution in [1.82, 2.24) is 9.55 Å². The Morgan fingerprint density at radius 3 is 2.75 bits per heavy atom. The summed E-state index contributed by atoms with van der Waals surface area (Å²) in [5.74, 6) is -0.535. The number of nitrogens with zero attached hydrogens (tertiary/aromatic N) is 3. The number of rotatable bonds is 6. The van der Waals surface area contributed by atoms with Gasteiger partial charge < -0.3 is 9.84 Å². The highest BCUT2D eigenvalue weighted by atomic mass is 35.5. The molecule has 4 rings (SSSR count). The van der Waals surface area contributed by atoms with E-state index in [1.807, 2.05) is 6.07 Å². The molecular formula is C24H16ClN3O4. The van der Waals surface area contributed by atoms with Gasteiger partial charge in [0.05, 0.1) is 34.9 Å². The van der Waals surface area contributed by atoms with Crippen LogP contribution in [0.25, 0.3) is 22.0 Å². The van der Waals surface area contributed by atoms with Crippen LogP contribution in [0.3, 0.4) is 0 Å². The number of fused-ring (bicyclic) bond motifs is 1. The number of nitriles is 1. The Balaban J connectivity index is 1.60. The predicted molar refractivity (Wildman–Crippen MR) is 120 cm³/mol. The number of hydrogen-bond donors (Lipinski definition) is 1. The summed E-state index contributed by atoms with van der Waals surface area (Å²) < 4.78 is 7.31. The van der Waals surface area contributed by atoms with Crippen LogP contribution in [0.2, 0.25) is 5.02 Å². The van der Waals surface area contributed by atoms with Gasteiger partial charge in [0.2, 0.25) is 0 Å². The average molecular weight is 446 g/mol. The van der Waals surface area contributed by atoms with E-state index in [0.717, 1.165) is 0 Å². The molecule has 0 spiro atoms. The van der Waals surface area contributed by atoms with Crippen LogP contribution in [0.4, 0.5) is 0 Å². The molecule has 0 aliphatic rings. The summed E-state index contributed by atoms with van der Waals surface area (Å²) in [5.41, 5.74) is 1.84. The summed E-state index contributed by atoms with van der Waals surface area (Å²) in [6.45, 7) is 0.355. The van der Waals surface area contributed by atoms with Crippen molar-refractivity contribution in [3.05, 3.63) is 93.5 Å². The molecule has 0 amide bonds. The molecule has 32 heavy (non-hydrogen) atoms. The number of hydrogen-bond acceptors (Lipinski definition) is 5. The first kappa shape index (κ1) is 21.1. The first-order chi connectivity index (χ1) is 15.5. The van der Waals surface area contributed by atoms with Crippen molar-refractivity contribution >= 4 is 28.5 Å². The smallest absolute Gasteiger partial charge is 0.335 e. The van der Waals surface area contributed by atoms with Crippen molar-refractivity contribution in [2.24, 2.45) is 0 Å². The Morgan fingerprint density at radius 1 is 1.16 bits per heavy atom. The van der Waals surface area contributed by atoms with Crippen molar-refractivity contribution in [2.75, 3.05) is 6.61 Å². The molecule has 3 aromatic carbocycles. The Hall–Kier alpha value is -4.15. The molecule has 0 unspecified atom stereocenters. The molecular weight excluding hydrogens is 430 g/mol. The van der Waals surface area contributed by atoms with Crippen LogP contribution in [0.5, 0.6) is 5.75 Å². The van der Waals surface area contributed by atoms with E-state index in [1.165, 1.54) is 17.0 Å². The van der Waals surface area contributed by atoms with Gasteiger partial charge in [-0.2, -0.15) is 5.26 Å².